The van der Waals surface area contributed by atoms with Gasteiger partial charge in [0.1, 0.15) is 5.60 Å². The van der Waals surface area contributed by atoms with Gasteiger partial charge in [-0.15, -0.1) is 0 Å². The Morgan fingerprint density at radius 3 is 2.17 bits per heavy atom. The van der Waals surface area contributed by atoms with Gasteiger partial charge in [-0.2, -0.15) is 5.26 Å². The van der Waals surface area contributed by atoms with Gasteiger partial charge in [-0.25, -0.2) is 4.79 Å². The first kappa shape index (κ1) is 21.0. The zero-order chi connectivity index (χ0) is 21.8. The van der Waals surface area contributed by atoms with Gasteiger partial charge in [-0.1, -0.05) is 66.7 Å². The summed E-state index contributed by atoms with van der Waals surface area (Å²) in [6, 6.07) is 23.9. The molecule has 0 fully saturated rings. The molecule has 3 aromatic carbocycles. The molecule has 1 atom stereocenters. The molecule has 4 heteroatoms. The molecular formula is C26H23NO3. The van der Waals surface area contributed by atoms with E-state index in [1.165, 1.54) is 12.2 Å². The molecule has 0 aliphatic carbocycles. The number of hydrogen-bond donors (Lipinski definition) is 0. The van der Waals surface area contributed by atoms with E-state index in [9.17, 15) is 14.9 Å². The fourth-order valence-electron chi connectivity index (χ4n) is 3.12. The van der Waals surface area contributed by atoms with Crippen LogP contribution in [0.1, 0.15) is 36.7 Å². The molecule has 0 radical (unpaired) electrons. The number of carbonyl (C=O) groups excluding carboxylic acids is 2. The van der Waals surface area contributed by atoms with Crippen molar-refractivity contribution in [1.82, 2.24) is 0 Å². The Balaban J connectivity index is 2.11. The second-order valence-electron chi connectivity index (χ2n) is 8.05. The molecule has 150 valence electrons. The smallest absolute Gasteiger partial charge is 0.335 e. The van der Waals surface area contributed by atoms with Crippen molar-refractivity contribution < 1.29 is 14.3 Å². The van der Waals surface area contributed by atoms with E-state index in [1.54, 1.807) is 57.2 Å². The van der Waals surface area contributed by atoms with Crippen molar-refractivity contribution >= 4 is 22.5 Å². The fourth-order valence-corrected chi connectivity index (χ4v) is 3.12. The minimum atomic E-state index is -1.75. The summed E-state index contributed by atoms with van der Waals surface area (Å²) >= 11 is 0. The number of esters is 1. The second-order valence-corrected chi connectivity index (χ2v) is 8.05. The highest BCUT2D eigenvalue weighted by Crippen LogP contribution is 2.32. The molecule has 0 unspecified atom stereocenters. The van der Waals surface area contributed by atoms with E-state index in [2.05, 4.69) is 6.07 Å². The van der Waals surface area contributed by atoms with E-state index in [4.69, 9.17) is 4.74 Å². The third kappa shape index (κ3) is 4.47. The van der Waals surface area contributed by atoms with Crippen LogP contribution in [0.5, 0.6) is 0 Å². The van der Waals surface area contributed by atoms with E-state index in [0.29, 0.717) is 11.1 Å². The van der Waals surface area contributed by atoms with Gasteiger partial charge in [-0.05, 0) is 55.3 Å². The van der Waals surface area contributed by atoms with Crippen LogP contribution in [0.15, 0.2) is 84.9 Å². The topological polar surface area (TPSA) is 67.2 Å². The van der Waals surface area contributed by atoms with Crippen LogP contribution in [0, 0.1) is 11.3 Å². The van der Waals surface area contributed by atoms with Gasteiger partial charge in [0.2, 0.25) is 0 Å². The SMILES string of the molecule is CC(C)(C)OC(=O)[C@](C#N)(/C=C\C(=O)c1ccccc1)c1ccc2ccccc2c1. The standard InChI is InChI=1S/C26H23NO3/c1-25(2,3)30-24(29)26(18-27,16-15-23(28)20-10-5-4-6-11-20)22-14-13-19-9-7-8-12-21(19)17-22/h4-17H,1-3H3/b16-15-/t26-/m0/s1. The van der Waals surface area contributed by atoms with E-state index < -0.39 is 17.0 Å². The van der Waals surface area contributed by atoms with Crippen molar-refractivity contribution in [2.24, 2.45) is 0 Å². The van der Waals surface area contributed by atoms with E-state index in [1.807, 2.05) is 36.4 Å². The number of nitriles is 1. The number of hydrogen-bond acceptors (Lipinski definition) is 4. The quantitative estimate of drug-likeness (QED) is 0.329. The molecule has 0 saturated heterocycles. The number of ether oxygens (including phenoxy) is 1. The lowest BCUT2D eigenvalue weighted by atomic mass is 9.80. The van der Waals surface area contributed by atoms with Crippen molar-refractivity contribution in [3.8, 4) is 6.07 Å². The number of nitrogens with zero attached hydrogens (tertiary/aromatic N) is 1. The summed E-state index contributed by atoms with van der Waals surface area (Å²) in [5, 5.41) is 12.0. The summed E-state index contributed by atoms with van der Waals surface area (Å²) in [6.07, 6.45) is 2.62. The van der Waals surface area contributed by atoms with Gasteiger partial charge in [-0.3, -0.25) is 4.79 Å². The van der Waals surface area contributed by atoms with Gasteiger partial charge >= 0.3 is 5.97 Å². The maximum atomic E-state index is 13.2. The van der Waals surface area contributed by atoms with Gasteiger partial charge < -0.3 is 4.74 Å². The number of allylic oxidation sites excluding steroid dienone is 1. The zero-order valence-corrected chi connectivity index (χ0v) is 17.3. The Kier molecular flexibility index (Phi) is 5.84. The molecular weight excluding hydrogens is 374 g/mol. The second kappa shape index (κ2) is 8.34. The Morgan fingerprint density at radius 2 is 1.53 bits per heavy atom. The molecule has 0 heterocycles. The van der Waals surface area contributed by atoms with Crippen LogP contribution in [-0.2, 0) is 14.9 Å². The molecule has 0 aromatic heterocycles. The molecule has 3 aromatic rings. The van der Waals surface area contributed by atoms with Crippen molar-refractivity contribution in [3.63, 3.8) is 0 Å². The number of benzene rings is 3. The molecule has 0 N–H and O–H groups in total. The molecule has 3 rings (SSSR count). The highest BCUT2D eigenvalue weighted by atomic mass is 16.6. The average molecular weight is 397 g/mol. The Hall–Kier alpha value is -3.71. The maximum absolute atomic E-state index is 13.2. The zero-order valence-electron chi connectivity index (χ0n) is 17.3. The third-order valence-corrected chi connectivity index (χ3v) is 4.65. The highest BCUT2D eigenvalue weighted by Gasteiger charge is 2.42. The van der Waals surface area contributed by atoms with Gasteiger partial charge in [0.15, 0.2) is 11.2 Å². The highest BCUT2D eigenvalue weighted by molar-refractivity contribution is 6.05. The maximum Gasteiger partial charge on any atom is 0.335 e. The Bertz CT molecular complexity index is 1150. The first-order valence-electron chi connectivity index (χ1n) is 9.68. The number of carbonyl (C=O) groups is 2. The van der Waals surface area contributed by atoms with E-state index in [0.717, 1.165) is 10.8 Å². The lowest BCUT2D eigenvalue weighted by Crippen LogP contribution is -2.39. The summed E-state index contributed by atoms with van der Waals surface area (Å²) < 4.78 is 5.57. The van der Waals surface area contributed by atoms with Crippen LogP contribution in [0.2, 0.25) is 0 Å². The molecule has 0 spiro atoms. The monoisotopic (exact) mass is 397 g/mol. The van der Waals surface area contributed by atoms with Gasteiger partial charge in [0.25, 0.3) is 0 Å². The molecule has 4 nitrogen and oxygen atoms in total. The van der Waals surface area contributed by atoms with Crippen LogP contribution in [0.4, 0.5) is 0 Å². The molecule has 30 heavy (non-hydrogen) atoms. The predicted octanol–water partition coefficient (Wildman–Crippen LogP) is 5.38. The van der Waals surface area contributed by atoms with Gasteiger partial charge in [0, 0.05) is 5.56 Å². The first-order chi connectivity index (χ1) is 14.2. The largest absolute Gasteiger partial charge is 0.458 e. The number of ketones is 1. The van der Waals surface area contributed by atoms with Gasteiger partial charge in [0.05, 0.1) is 6.07 Å². The van der Waals surface area contributed by atoms with Crippen LogP contribution < -0.4 is 0 Å². The number of fused-ring (bicyclic) bond motifs is 1. The number of rotatable bonds is 5. The molecule has 0 amide bonds. The fraction of sp³-hybridized carbons (Fsp3) is 0.192. The predicted molar refractivity (Wildman–Crippen MR) is 117 cm³/mol. The lowest BCUT2D eigenvalue weighted by molar-refractivity contribution is -0.158. The summed E-state index contributed by atoms with van der Waals surface area (Å²) in [4.78, 5) is 25.8. The van der Waals surface area contributed by atoms with Crippen LogP contribution in [0.25, 0.3) is 10.8 Å². The van der Waals surface area contributed by atoms with E-state index in [-0.39, 0.29) is 5.78 Å². The van der Waals surface area contributed by atoms with Crippen LogP contribution in [-0.4, -0.2) is 17.4 Å². The Morgan fingerprint density at radius 1 is 0.900 bits per heavy atom. The van der Waals surface area contributed by atoms with Crippen LogP contribution in [0.3, 0.4) is 0 Å². The summed E-state index contributed by atoms with van der Waals surface area (Å²) in [7, 11) is 0. The van der Waals surface area contributed by atoms with Crippen molar-refractivity contribution in [2.45, 2.75) is 31.8 Å². The molecule has 0 aliphatic heterocycles. The average Bonchev–Trinajstić information content (AvgIpc) is 2.73. The van der Waals surface area contributed by atoms with Crippen molar-refractivity contribution in [2.75, 3.05) is 0 Å². The minimum absolute atomic E-state index is 0.292. The molecule has 0 saturated carbocycles. The first-order valence-corrected chi connectivity index (χ1v) is 9.68. The summed E-state index contributed by atoms with van der Waals surface area (Å²) in [6.45, 7) is 5.23. The Labute approximate surface area is 176 Å². The summed E-state index contributed by atoms with van der Waals surface area (Å²) in [5.74, 6) is -1.01. The van der Waals surface area contributed by atoms with E-state index >= 15 is 0 Å². The molecule has 0 aliphatic rings. The summed E-state index contributed by atoms with van der Waals surface area (Å²) in [5.41, 5.74) is -1.60. The van der Waals surface area contributed by atoms with Crippen molar-refractivity contribution in [3.05, 3.63) is 96.1 Å². The third-order valence-electron chi connectivity index (χ3n) is 4.65. The van der Waals surface area contributed by atoms with Crippen LogP contribution >= 0.6 is 0 Å². The molecule has 0 bridgehead atoms. The normalized spacial score (nSPS) is 13.5. The lowest BCUT2D eigenvalue weighted by Gasteiger charge is -2.27. The van der Waals surface area contributed by atoms with Crippen molar-refractivity contribution in [1.29, 1.82) is 5.26 Å². The minimum Gasteiger partial charge on any atom is -0.458 e.